The summed E-state index contributed by atoms with van der Waals surface area (Å²) in [5.74, 6) is -0.547. The number of H-pyrrole nitrogens is 1. The number of benzene rings is 2. The molecule has 3 aliphatic rings. The summed E-state index contributed by atoms with van der Waals surface area (Å²) in [6.07, 6.45) is 5.81. The molecule has 0 saturated carbocycles. The van der Waals surface area contributed by atoms with Gasteiger partial charge in [0.1, 0.15) is 23.6 Å². The van der Waals surface area contributed by atoms with E-state index in [0.29, 0.717) is 82.9 Å². The normalized spacial score (nSPS) is 19.3. The number of carbonyl (C=O) groups excluding carboxylic acids is 5. The maximum atomic E-state index is 14.2. The van der Waals surface area contributed by atoms with Gasteiger partial charge in [-0.2, -0.15) is 0 Å². The van der Waals surface area contributed by atoms with Gasteiger partial charge in [0.2, 0.25) is 17.7 Å². The third-order valence-electron chi connectivity index (χ3n) is 15.0. The molecule has 8 rings (SSSR count). The Hall–Kier alpha value is -5.59. The Kier molecular flexibility index (Phi) is 16.9. The number of fused-ring (bicyclic) bond motifs is 1. The number of aliphatic hydroxyl groups excluding tert-OH is 1. The first-order chi connectivity index (χ1) is 34.5. The first kappa shape index (κ1) is 52.7. The average Bonchev–Trinajstić information content (AvgIpc) is 4.14. The fraction of sp³-hybridized carbons (Fsp3) is 0.519. The number of piperazine rings is 1. The largest absolute Gasteiger partial charge is 0.391 e. The molecule has 0 aliphatic carbocycles. The van der Waals surface area contributed by atoms with Crippen molar-refractivity contribution in [3.63, 3.8) is 0 Å². The summed E-state index contributed by atoms with van der Waals surface area (Å²) in [6, 6.07) is 16.5. The molecule has 6 heterocycles. The fourth-order valence-corrected chi connectivity index (χ4v) is 11.3. The number of hydrogen-bond donors (Lipinski definition) is 4. The van der Waals surface area contributed by atoms with Crippen LogP contribution in [-0.2, 0) is 30.4 Å². The van der Waals surface area contributed by atoms with Crippen LogP contribution < -0.4 is 16.0 Å². The van der Waals surface area contributed by atoms with Gasteiger partial charge in [0.05, 0.1) is 45.2 Å². The second kappa shape index (κ2) is 23.1. The minimum absolute atomic E-state index is 0.00174. The third kappa shape index (κ3) is 12.8. The van der Waals surface area contributed by atoms with Gasteiger partial charge in [0.15, 0.2) is 5.78 Å². The summed E-state index contributed by atoms with van der Waals surface area (Å²) in [6.45, 7) is 12.1. The Bertz CT molecular complexity index is 2690. The van der Waals surface area contributed by atoms with E-state index in [-0.39, 0.29) is 74.0 Å². The lowest BCUT2D eigenvalue weighted by molar-refractivity contribution is -0.146. The molecule has 3 aromatic heterocycles. The minimum Gasteiger partial charge on any atom is -0.391 e. The molecule has 16 nitrogen and oxygen atoms in total. The molecule has 3 amide bonds. The van der Waals surface area contributed by atoms with Gasteiger partial charge in [0, 0.05) is 102 Å². The number of halogens is 1. The second-order valence-electron chi connectivity index (χ2n) is 21.0. The predicted octanol–water partition coefficient (Wildman–Crippen LogP) is 6.69. The summed E-state index contributed by atoms with van der Waals surface area (Å²) < 4.78 is 0. The number of aryl methyl sites for hydroxylation is 2. The van der Waals surface area contributed by atoms with Gasteiger partial charge in [-0.3, -0.25) is 28.9 Å². The molecule has 4 atom stereocenters. The Labute approximate surface area is 431 Å². The van der Waals surface area contributed by atoms with Gasteiger partial charge >= 0.3 is 0 Å². The van der Waals surface area contributed by atoms with Crippen LogP contribution in [0.3, 0.4) is 0 Å². The van der Waals surface area contributed by atoms with Crippen molar-refractivity contribution in [2.24, 2.45) is 17.1 Å². The third-order valence-corrected chi connectivity index (χ3v) is 16.2. The quantitative estimate of drug-likeness (QED) is 0.0682. The van der Waals surface area contributed by atoms with Gasteiger partial charge in [-0.25, -0.2) is 15.0 Å². The van der Waals surface area contributed by atoms with Gasteiger partial charge in [-0.05, 0) is 79.3 Å². The van der Waals surface area contributed by atoms with Gasteiger partial charge in [-0.15, -0.1) is 11.3 Å². The lowest BCUT2D eigenvalue weighted by atomic mass is 9.76. The summed E-state index contributed by atoms with van der Waals surface area (Å²) in [7, 11) is 0. The predicted molar refractivity (Wildman–Crippen MR) is 280 cm³/mol. The zero-order valence-corrected chi connectivity index (χ0v) is 43.5. The van der Waals surface area contributed by atoms with Crippen LogP contribution in [0.25, 0.3) is 21.5 Å². The number of piperidine rings is 1. The Morgan fingerprint density at radius 3 is 2.33 bits per heavy atom. The molecule has 3 fully saturated rings. The van der Waals surface area contributed by atoms with Crippen molar-refractivity contribution in [3.8, 4) is 10.4 Å². The molecular formula is C54H69ClN10O6S. The summed E-state index contributed by atoms with van der Waals surface area (Å²) >= 11 is 7.85. The van der Waals surface area contributed by atoms with E-state index in [2.05, 4.69) is 35.1 Å². The van der Waals surface area contributed by atoms with Crippen molar-refractivity contribution in [2.45, 2.75) is 116 Å². The maximum absolute atomic E-state index is 14.2. The highest BCUT2D eigenvalue weighted by molar-refractivity contribution is 7.13. The van der Waals surface area contributed by atoms with Crippen LogP contribution in [0.15, 0.2) is 72.6 Å². The number of nitrogens with one attached hydrogen (secondary N) is 2. The number of nitrogens with zero attached hydrogens (tertiary/aromatic N) is 7. The molecule has 5 N–H and O–H groups in total. The fourth-order valence-electron chi connectivity index (χ4n) is 10.4. The highest BCUT2D eigenvalue weighted by Gasteiger charge is 2.44. The van der Waals surface area contributed by atoms with Crippen LogP contribution in [0, 0.1) is 18.3 Å². The summed E-state index contributed by atoms with van der Waals surface area (Å²) in [4.78, 5) is 94.0. The Balaban J connectivity index is 0.774. The Morgan fingerprint density at radius 1 is 0.931 bits per heavy atom. The van der Waals surface area contributed by atoms with Gasteiger partial charge in [-0.1, -0.05) is 68.8 Å². The summed E-state index contributed by atoms with van der Waals surface area (Å²) in [5, 5.41) is 15.5. The monoisotopic (exact) mass is 1020 g/mol. The molecule has 2 aromatic carbocycles. The first-order valence-corrected chi connectivity index (χ1v) is 26.6. The van der Waals surface area contributed by atoms with E-state index in [1.165, 1.54) is 4.90 Å². The molecular weight excluding hydrogens is 952 g/mol. The smallest absolute Gasteiger partial charge is 0.240 e. The van der Waals surface area contributed by atoms with Crippen molar-refractivity contribution >= 4 is 69.1 Å². The number of amides is 3. The number of rotatable bonds is 19. The number of β-amino-alcohol motifs (C(OH)–C–C–N with tert-alkyl or cyclic N) is 1. The van der Waals surface area contributed by atoms with Crippen molar-refractivity contribution in [1.82, 2.24) is 40.0 Å². The van der Waals surface area contributed by atoms with Gasteiger partial charge in [0.25, 0.3) is 0 Å². The van der Waals surface area contributed by atoms with Crippen molar-refractivity contribution in [1.29, 1.82) is 0 Å². The zero-order valence-electron chi connectivity index (χ0n) is 41.9. The maximum Gasteiger partial charge on any atom is 0.240 e. The van der Waals surface area contributed by atoms with E-state index in [1.807, 2.05) is 98.9 Å². The number of likely N-dealkylation sites (tertiary alicyclic amines) is 1. The molecule has 0 radical (unpaired) electrons. The average molecular weight is 1020 g/mol. The molecule has 5 aromatic rings. The van der Waals surface area contributed by atoms with Crippen LogP contribution in [0.5, 0.6) is 0 Å². The van der Waals surface area contributed by atoms with Crippen molar-refractivity contribution < 1.29 is 29.1 Å². The number of anilines is 1. The molecule has 384 valence electrons. The highest BCUT2D eigenvalue weighted by Crippen LogP contribution is 2.35. The van der Waals surface area contributed by atoms with Crippen LogP contribution in [-0.4, -0.2) is 139 Å². The van der Waals surface area contributed by atoms with E-state index < -0.39 is 29.0 Å². The van der Waals surface area contributed by atoms with E-state index in [0.717, 1.165) is 44.1 Å². The van der Waals surface area contributed by atoms with E-state index in [9.17, 15) is 29.1 Å². The van der Waals surface area contributed by atoms with Crippen LogP contribution in [0.2, 0.25) is 5.02 Å². The summed E-state index contributed by atoms with van der Waals surface area (Å²) in [5.41, 5.74) is 11.8. The molecule has 18 heteroatoms. The molecule has 0 unspecified atom stereocenters. The lowest BCUT2D eigenvalue weighted by Crippen LogP contribution is -2.60. The van der Waals surface area contributed by atoms with E-state index in [4.69, 9.17) is 17.3 Å². The Morgan fingerprint density at radius 2 is 1.65 bits per heavy atom. The number of hydrogen-bond acceptors (Lipinski definition) is 13. The van der Waals surface area contributed by atoms with Crippen LogP contribution in [0.1, 0.15) is 101 Å². The number of thiazole rings is 1. The lowest BCUT2D eigenvalue weighted by Gasteiger charge is -2.39. The first-order valence-electron chi connectivity index (χ1n) is 25.4. The number of carbonyl (C=O) groups is 5. The topological polar surface area (TPSA) is 211 Å². The number of aromatic nitrogens is 4. The molecule has 0 spiro atoms. The van der Waals surface area contributed by atoms with Crippen LogP contribution >= 0.6 is 22.9 Å². The van der Waals surface area contributed by atoms with Crippen molar-refractivity contribution in [2.75, 3.05) is 57.3 Å². The number of aliphatic hydroxyl groups is 1. The van der Waals surface area contributed by atoms with Gasteiger partial charge < -0.3 is 35.8 Å². The number of Topliss-reactive ketones (excluding diaryl/α,β-unsaturated/α-hetero) is 2. The number of ketones is 2. The van der Waals surface area contributed by atoms with Crippen LogP contribution in [0.4, 0.5) is 5.82 Å². The highest BCUT2D eigenvalue weighted by atomic mass is 35.5. The van der Waals surface area contributed by atoms with E-state index in [1.54, 1.807) is 17.7 Å². The van der Waals surface area contributed by atoms with Crippen molar-refractivity contribution in [3.05, 3.63) is 94.5 Å². The molecule has 3 saturated heterocycles. The minimum atomic E-state index is -1.05. The zero-order chi connectivity index (χ0) is 51.2. The second-order valence-corrected chi connectivity index (χ2v) is 22.3. The molecule has 72 heavy (non-hydrogen) atoms. The van der Waals surface area contributed by atoms with E-state index >= 15 is 0 Å². The molecule has 3 aliphatic heterocycles. The number of aromatic amines is 1. The molecule has 0 bridgehead atoms. The SMILES string of the molecule is Cc1ncsc1-c1ccc(CCC(=O)[C@@H]2C[C@@H](O)CN2C(=O)[C@@H](CC(=O)CCCC(=O)N2CCN(CC[C@H](NC(=O)C3(N)CCN(c4ncnc5[nH]ccc45)CC3)c3ccc(Cl)cc3)CC2)C(C)(C)C)cc1. The standard InChI is InChI=1S/C54H69ClN10O6S/c1-35-48(72-34-60-35)38-11-8-36(9-12-38)10-17-46(68)45-31-41(67)32-65(45)51(70)43(53(2,3)4)30-40(66)6-5-7-47(69)63-28-26-62(27-29-63)23-19-44(37-13-15-39(55)16-14-37)61-52(71)54(56)20-24-64(25-21-54)50-42-18-22-57-49(42)58-33-59-50/h8-9,11-16,18,22,33-34,41,43-45,67H,5-7,10,17,19-21,23-32,56H2,1-4H3,(H,61,71)(H,57,58,59)/t41-,43-,44+,45+/m1/s1. The number of nitrogens with two attached hydrogens (primary N) is 1.